The van der Waals surface area contributed by atoms with Crippen LogP contribution in [-0.4, -0.2) is 44.2 Å². The van der Waals surface area contributed by atoms with Gasteiger partial charge in [0.2, 0.25) is 5.78 Å². The quantitative estimate of drug-likeness (QED) is 0.0364. The van der Waals surface area contributed by atoms with Gasteiger partial charge in [-0.05, 0) is 65.7 Å². The molecule has 0 fully saturated rings. The first kappa shape index (κ1) is 38.7. The van der Waals surface area contributed by atoms with Gasteiger partial charge in [-0.2, -0.15) is 0 Å². The van der Waals surface area contributed by atoms with E-state index in [-0.39, 0.29) is 35.4 Å². The Balaban J connectivity index is 1.02. The molecule has 0 bridgehead atoms. The van der Waals surface area contributed by atoms with Gasteiger partial charge in [0.1, 0.15) is 17.3 Å². The van der Waals surface area contributed by atoms with Gasteiger partial charge in [-0.15, -0.1) is 0 Å². The van der Waals surface area contributed by atoms with E-state index < -0.39 is 0 Å². The maximum atomic E-state index is 14.2. The molecule has 0 saturated heterocycles. The predicted molar refractivity (Wildman–Crippen MR) is 243 cm³/mol. The fourth-order valence-electron chi connectivity index (χ4n) is 8.09. The third-order valence-corrected chi connectivity index (χ3v) is 11.3. The number of rotatable bonds is 17. The number of benzene rings is 5. The first-order chi connectivity index (χ1) is 28.4. The minimum Gasteiger partial charge on any atom is -0.506 e. The largest absolute Gasteiger partial charge is 0.506 e. The number of aliphatic hydroxyl groups is 1. The van der Waals surface area contributed by atoms with Crippen LogP contribution in [-0.2, 0) is 4.79 Å². The Morgan fingerprint density at radius 1 is 0.741 bits per heavy atom. The van der Waals surface area contributed by atoms with Crippen LogP contribution in [0.3, 0.4) is 0 Å². The monoisotopic (exact) mass is 768 g/mol. The molecule has 10 heteroatoms. The van der Waals surface area contributed by atoms with Crippen molar-refractivity contribution in [2.45, 2.75) is 65.2 Å². The predicted octanol–water partition coefficient (Wildman–Crippen LogP) is 9.32. The molecule has 1 heterocycles. The minimum atomic E-state index is -0.283. The summed E-state index contributed by atoms with van der Waals surface area (Å²) >= 11 is 0. The van der Waals surface area contributed by atoms with E-state index >= 15 is 0 Å². The average molecular weight is 769 g/mol. The fraction of sp³-hybridized carbons (Fsp3) is 0.250. The molecule has 8 rings (SSSR count). The summed E-state index contributed by atoms with van der Waals surface area (Å²) in [6, 6.07) is 32.1. The highest BCUT2D eigenvalue weighted by Crippen LogP contribution is 2.46. The lowest BCUT2D eigenvalue weighted by Crippen LogP contribution is -2.48. The van der Waals surface area contributed by atoms with Crippen LogP contribution < -0.4 is 36.1 Å². The van der Waals surface area contributed by atoms with Gasteiger partial charge in [0.15, 0.2) is 0 Å². The third kappa shape index (κ3) is 7.88. The van der Waals surface area contributed by atoms with E-state index in [1.54, 1.807) is 6.08 Å². The molecular weight excluding hydrogens is 718 g/mol. The Kier molecular flexibility index (Phi) is 11.7. The van der Waals surface area contributed by atoms with Crippen molar-refractivity contribution in [2.24, 2.45) is 0 Å². The van der Waals surface area contributed by atoms with Gasteiger partial charge in [0.05, 0.1) is 30.1 Å². The summed E-state index contributed by atoms with van der Waals surface area (Å²) in [5.74, 6) is 1.32. The molecule has 0 unspecified atom stereocenters. The van der Waals surface area contributed by atoms with Gasteiger partial charge in [-0.3, -0.25) is 10.2 Å². The molecular formula is C48H50B2N4O4. The van der Waals surface area contributed by atoms with E-state index in [0.29, 0.717) is 30.7 Å². The second kappa shape index (κ2) is 17.6. The zero-order valence-electron chi connectivity index (χ0n) is 33.4. The lowest BCUT2D eigenvalue weighted by atomic mass is 9.65. The number of carbonyl (C=O) groups excluding carboxylic acids is 1. The number of anilines is 3. The summed E-state index contributed by atoms with van der Waals surface area (Å²) in [6.07, 6.45) is 13.0. The van der Waals surface area contributed by atoms with Crippen molar-refractivity contribution in [3.8, 4) is 11.5 Å². The number of ketones is 1. The Labute approximate surface area is 342 Å². The molecule has 5 aromatic rings. The second-order valence-electron chi connectivity index (χ2n) is 15.3. The molecule has 58 heavy (non-hydrogen) atoms. The maximum Gasteiger partial charge on any atom is 0.406 e. The Morgan fingerprint density at radius 2 is 1.43 bits per heavy atom. The van der Waals surface area contributed by atoms with Crippen molar-refractivity contribution < 1.29 is 19.4 Å². The van der Waals surface area contributed by atoms with Gasteiger partial charge >= 0.3 is 6.98 Å². The van der Waals surface area contributed by atoms with Gasteiger partial charge in [-0.25, -0.2) is 0 Å². The summed E-state index contributed by atoms with van der Waals surface area (Å²) in [5.41, 5.74) is 7.83. The molecule has 292 valence electrons. The molecule has 0 saturated carbocycles. The van der Waals surface area contributed by atoms with Crippen molar-refractivity contribution in [3.63, 3.8) is 0 Å². The zero-order valence-corrected chi connectivity index (χ0v) is 33.4. The van der Waals surface area contributed by atoms with E-state index in [0.717, 1.165) is 75.3 Å². The van der Waals surface area contributed by atoms with Crippen LogP contribution in [0, 0.1) is 5.41 Å². The third-order valence-electron chi connectivity index (χ3n) is 11.3. The fourth-order valence-corrected chi connectivity index (χ4v) is 8.09. The first-order valence-electron chi connectivity index (χ1n) is 20.9. The summed E-state index contributed by atoms with van der Waals surface area (Å²) in [4.78, 5) is 14.2. The number of hydrogen-bond acceptors (Lipinski definition) is 8. The minimum absolute atomic E-state index is 0.0960. The van der Waals surface area contributed by atoms with Crippen molar-refractivity contribution in [1.82, 2.24) is 0 Å². The van der Waals surface area contributed by atoms with Crippen molar-refractivity contribution in [1.29, 1.82) is 5.41 Å². The van der Waals surface area contributed by atoms with Crippen LogP contribution in [0.2, 0.25) is 0 Å². The Morgan fingerprint density at radius 3 is 2.12 bits per heavy atom. The molecule has 8 nitrogen and oxygen atoms in total. The van der Waals surface area contributed by atoms with Crippen molar-refractivity contribution in [2.75, 3.05) is 28.9 Å². The van der Waals surface area contributed by atoms with Gasteiger partial charge in [-0.1, -0.05) is 131 Å². The van der Waals surface area contributed by atoms with Crippen LogP contribution in [0.5, 0.6) is 11.5 Å². The van der Waals surface area contributed by atoms with Crippen molar-refractivity contribution in [3.05, 3.63) is 137 Å². The van der Waals surface area contributed by atoms with E-state index in [1.807, 2.05) is 78.9 Å². The lowest BCUT2D eigenvalue weighted by molar-refractivity contribution is -0.111. The second-order valence-corrected chi connectivity index (χ2v) is 15.3. The Hall–Kier alpha value is -6.15. The Bertz CT molecular complexity index is 2440. The van der Waals surface area contributed by atoms with Crippen LogP contribution >= 0.6 is 0 Å². The molecule has 0 spiro atoms. The molecule has 3 aliphatic rings. The summed E-state index contributed by atoms with van der Waals surface area (Å²) < 4.78 is 11.9. The maximum absolute atomic E-state index is 14.2. The van der Waals surface area contributed by atoms with Crippen LogP contribution in [0.15, 0.2) is 120 Å². The van der Waals surface area contributed by atoms with Crippen LogP contribution in [0.1, 0.15) is 81.9 Å². The highest BCUT2D eigenvalue weighted by Gasteiger charge is 2.41. The number of Topliss-reactive ketones (excluding diaryl/α,β-unsaturated/α-hetero) is 1. The summed E-state index contributed by atoms with van der Waals surface area (Å²) in [6.45, 7) is 5.55. The number of ether oxygens (including phenoxy) is 2. The van der Waals surface area contributed by atoms with Gasteiger partial charge in [0.25, 0.3) is 7.41 Å². The molecule has 0 atom stereocenters. The number of carbonyl (C=O) groups is 1. The first-order valence-corrected chi connectivity index (χ1v) is 20.9. The standard InChI is InChI=1S/C48H50B2N4O4/c1-3-5-7-9-29-57-35-23-19-33(20-24-35)49-52-39-15-11-13-31-17-27-37(45(51)41(31)39)43-47(55)44(48(43)56)38-28-18-32-14-12-16-40-42(32)46(38)54-50(53-40)34-21-25-36(26-22-34)58-30-10-8-6-4-2/h11-28,49,51-55H,3-10,29-30H2,1-2H3/b43-37+,51-45?. The summed E-state index contributed by atoms with van der Waals surface area (Å²) in [5, 5.41) is 33.9. The van der Waals surface area contributed by atoms with Crippen LogP contribution in [0.4, 0.5) is 17.1 Å². The molecule has 2 aliphatic carbocycles. The normalized spacial score (nSPS) is 15.4. The van der Waals surface area contributed by atoms with Gasteiger partial charge < -0.3 is 30.3 Å². The zero-order chi connectivity index (χ0) is 40.0. The molecule has 0 radical (unpaired) electrons. The number of nitrogens with one attached hydrogen (secondary N) is 4. The molecule has 5 aromatic carbocycles. The highest BCUT2D eigenvalue weighted by atomic mass is 16.5. The number of allylic oxidation sites excluding steroid dienone is 4. The van der Waals surface area contributed by atoms with Crippen LogP contribution in [0.25, 0.3) is 22.4 Å². The van der Waals surface area contributed by atoms with E-state index in [1.165, 1.54) is 38.5 Å². The lowest BCUT2D eigenvalue weighted by Gasteiger charge is -2.32. The highest BCUT2D eigenvalue weighted by molar-refractivity contribution is 6.80. The molecule has 0 aromatic heterocycles. The van der Waals surface area contributed by atoms with E-state index in [9.17, 15) is 15.3 Å². The van der Waals surface area contributed by atoms with E-state index in [4.69, 9.17) is 9.47 Å². The molecule has 0 amide bonds. The molecule has 1 aliphatic heterocycles. The molecule has 5 N–H and O–H groups in total. The number of hydrogen-bond donors (Lipinski definition) is 5. The smallest absolute Gasteiger partial charge is 0.406 e. The number of aliphatic hydroxyl groups excluding tert-OH is 1. The van der Waals surface area contributed by atoms with Gasteiger partial charge in [0, 0.05) is 39.1 Å². The summed E-state index contributed by atoms with van der Waals surface area (Å²) in [7, 11) is 0.553. The number of fused-ring (bicyclic) bond motifs is 1. The number of unbranched alkanes of at least 4 members (excludes halogenated alkanes) is 6. The topological polar surface area (TPSA) is 116 Å². The van der Waals surface area contributed by atoms with Crippen molar-refractivity contribution >= 4 is 76.3 Å². The average Bonchev–Trinajstić information content (AvgIpc) is 3.25. The SMILES string of the molecule is CCCCCCOc1ccc(BNc2cccc3c2C(=N)/C(=C2/C(=O)C(c4ccc5cccc6c5c4NB(c4ccc(OCCCCCC)cc4)N6)=C2O)C=C3)cc1. The van der Waals surface area contributed by atoms with E-state index in [2.05, 4.69) is 53.8 Å².